The third-order valence-corrected chi connectivity index (χ3v) is 7.70. The van der Waals surface area contributed by atoms with E-state index < -0.39 is 42.5 Å². The summed E-state index contributed by atoms with van der Waals surface area (Å²) in [5, 5.41) is 30.2. The Morgan fingerprint density at radius 2 is 1.92 bits per heavy atom. The van der Waals surface area contributed by atoms with Crippen LogP contribution in [0, 0.1) is 23.6 Å². The molecular weight excluding hydrogens is 476 g/mol. The Balaban J connectivity index is 1.40. The molecule has 0 spiro atoms. The molecule has 0 aromatic heterocycles. The molecular formula is C28H29BFNO6. The van der Waals surface area contributed by atoms with E-state index >= 15 is 0 Å². The Kier molecular flexibility index (Phi) is 7.03. The van der Waals surface area contributed by atoms with Crippen LogP contribution < -0.4 is 4.90 Å². The minimum atomic E-state index is -1.10. The van der Waals surface area contributed by atoms with Crippen molar-refractivity contribution in [2.24, 2.45) is 17.8 Å². The van der Waals surface area contributed by atoms with Crippen LogP contribution in [-0.2, 0) is 14.2 Å². The summed E-state index contributed by atoms with van der Waals surface area (Å²) in [4.78, 5) is 28.2. The lowest BCUT2D eigenvalue weighted by atomic mass is 9.58. The van der Waals surface area contributed by atoms with E-state index in [1.54, 1.807) is 30.3 Å². The number of amides is 2. The van der Waals surface area contributed by atoms with Crippen molar-refractivity contribution in [1.82, 2.24) is 0 Å². The van der Waals surface area contributed by atoms with Crippen molar-refractivity contribution in [2.75, 3.05) is 11.5 Å². The van der Waals surface area contributed by atoms with Crippen LogP contribution in [0.1, 0.15) is 31.7 Å². The molecule has 7 nitrogen and oxygen atoms in total. The van der Waals surface area contributed by atoms with Gasteiger partial charge in [0.15, 0.2) is 11.6 Å². The number of hydrogen-bond acceptors (Lipinski definition) is 6. The normalized spacial score (nSPS) is 26.0. The fourth-order valence-corrected chi connectivity index (χ4v) is 6.07. The maximum Gasteiger partial charge on any atom is 0.455 e. The number of benzene rings is 2. The van der Waals surface area contributed by atoms with Gasteiger partial charge in [0.05, 0.1) is 30.2 Å². The first kappa shape index (κ1) is 25.4. The van der Waals surface area contributed by atoms with Crippen LogP contribution in [-0.4, -0.2) is 46.9 Å². The van der Waals surface area contributed by atoms with Gasteiger partial charge in [0, 0.05) is 0 Å². The van der Waals surface area contributed by atoms with Crippen molar-refractivity contribution in [1.29, 1.82) is 0 Å². The highest BCUT2D eigenvalue weighted by Crippen LogP contribution is 2.51. The average molecular weight is 505 g/mol. The lowest BCUT2D eigenvalue weighted by Crippen LogP contribution is -2.46. The van der Waals surface area contributed by atoms with Crippen LogP contribution in [0.2, 0.25) is 6.32 Å². The first-order valence-corrected chi connectivity index (χ1v) is 12.5. The van der Waals surface area contributed by atoms with Gasteiger partial charge in [-0.2, -0.15) is 0 Å². The highest BCUT2D eigenvalue weighted by molar-refractivity contribution is 6.43. The smallest absolute Gasteiger partial charge is 0.455 e. The number of halogens is 1. The summed E-state index contributed by atoms with van der Waals surface area (Å²) in [6, 6.07) is 13.0. The molecule has 3 N–H and O–H groups in total. The molecule has 9 heteroatoms. The van der Waals surface area contributed by atoms with Crippen LogP contribution >= 0.6 is 0 Å². The number of aliphatic hydroxyl groups excluding tert-OH is 1. The van der Waals surface area contributed by atoms with Crippen molar-refractivity contribution in [3.05, 3.63) is 76.6 Å². The molecule has 2 aromatic carbocycles. The molecule has 0 unspecified atom stereocenters. The van der Waals surface area contributed by atoms with Gasteiger partial charge < -0.3 is 19.9 Å². The van der Waals surface area contributed by atoms with Gasteiger partial charge in [-0.25, -0.2) is 4.39 Å². The van der Waals surface area contributed by atoms with Crippen molar-refractivity contribution < 1.29 is 33.9 Å². The quantitative estimate of drug-likeness (QED) is 0.314. The number of allylic oxidation sites excluding steroid dienone is 1. The number of rotatable bonds is 6. The fraction of sp³-hybridized carbons (Fsp3) is 0.357. The molecule has 4 atom stereocenters. The van der Waals surface area contributed by atoms with E-state index in [4.69, 9.17) is 4.65 Å². The molecule has 0 radical (unpaired) electrons. The van der Waals surface area contributed by atoms with E-state index in [2.05, 4.69) is 0 Å². The van der Waals surface area contributed by atoms with Crippen molar-refractivity contribution in [2.45, 2.75) is 38.6 Å². The third-order valence-electron chi connectivity index (χ3n) is 7.70. The van der Waals surface area contributed by atoms with Crippen molar-refractivity contribution in [3.63, 3.8) is 0 Å². The van der Waals surface area contributed by atoms with E-state index in [1.165, 1.54) is 17.0 Å². The number of imide groups is 1. The van der Waals surface area contributed by atoms with Gasteiger partial charge in [-0.05, 0) is 79.4 Å². The molecule has 3 aliphatic rings. The van der Waals surface area contributed by atoms with E-state index in [1.807, 2.05) is 19.1 Å². The second-order valence-corrected chi connectivity index (χ2v) is 10.1. The van der Waals surface area contributed by atoms with Gasteiger partial charge in [-0.15, -0.1) is 0 Å². The van der Waals surface area contributed by atoms with Crippen LogP contribution in [0.15, 0.2) is 65.3 Å². The summed E-state index contributed by atoms with van der Waals surface area (Å²) >= 11 is 0. The first-order chi connectivity index (χ1) is 17.8. The number of aromatic hydroxyl groups is 1. The molecule has 2 saturated heterocycles. The number of hydrogen-bond donors (Lipinski definition) is 3. The second kappa shape index (κ2) is 10.2. The number of phenolic OH excluding ortho intramolecular Hbond substituents is 1. The summed E-state index contributed by atoms with van der Waals surface area (Å²) in [5.41, 5.74) is 3.58. The lowest BCUT2D eigenvalue weighted by molar-refractivity contribution is -0.122. The number of anilines is 1. The minimum Gasteiger partial charge on any atom is -0.505 e. The highest BCUT2D eigenvalue weighted by atomic mass is 19.1. The number of carbonyl (C=O) groups is 2. The minimum absolute atomic E-state index is 0.180. The predicted molar refractivity (Wildman–Crippen MR) is 137 cm³/mol. The Morgan fingerprint density at radius 1 is 1.16 bits per heavy atom. The van der Waals surface area contributed by atoms with Gasteiger partial charge in [-0.3, -0.25) is 14.5 Å². The lowest BCUT2D eigenvalue weighted by Gasteiger charge is -2.42. The Hall–Kier alpha value is -3.27. The van der Waals surface area contributed by atoms with E-state index in [0.29, 0.717) is 29.7 Å². The molecule has 37 heavy (non-hydrogen) atoms. The number of aliphatic hydroxyl groups is 1. The zero-order chi connectivity index (χ0) is 26.3. The van der Waals surface area contributed by atoms with E-state index in [0.717, 1.165) is 11.1 Å². The Morgan fingerprint density at radius 3 is 2.62 bits per heavy atom. The number of carbonyl (C=O) groups excluding carboxylic acids is 2. The van der Waals surface area contributed by atoms with Crippen LogP contribution in [0.4, 0.5) is 10.1 Å². The number of phenols is 1. The third kappa shape index (κ3) is 4.74. The fourth-order valence-electron chi connectivity index (χ4n) is 6.07. The van der Waals surface area contributed by atoms with Crippen molar-refractivity contribution >= 4 is 30.7 Å². The molecule has 2 aliphatic heterocycles. The predicted octanol–water partition coefficient (Wildman–Crippen LogP) is 3.71. The number of nitrogens with zero attached hydrogens (tertiary/aromatic N) is 1. The molecule has 192 valence electrons. The average Bonchev–Trinajstić information content (AvgIpc) is 3.14. The van der Waals surface area contributed by atoms with Gasteiger partial charge in [-0.1, -0.05) is 35.9 Å². The molecule has 2 heterocycles. The maximum atomic E-state index is 13.7. The summed E-state index contributed by atoms with van der Waals surface area (Å²) in [5.74, 6) is -3.26. The zero-order valence-electron chi connectivity index (χ0n) is 20.5. The molecule has 2 aromatic rings. The van der Waals surface area contributed by atoms with E-state index in [-0.39, 0.29) is 31.2 Å². The van der Waals surface area contributed by atoms with Gasteiger partial charge in [0.25, 0.3) is 0 Å². The summed E-state index contributed by atoms with van der Waals surface area (Å²) in [6.07, 6.45) is 2.79. The first-order valence-electron chi connectivity index (χ1n) is 12.5. The summed E-state index contributed by atoms with van der Waals surface area (Å²) in [6.45, 7) is 1.65. The van der Waals surface area contributed by atoms with Gasteiger partial charge >= 0.3 is 7.12 Å². The second-order valence-electron chi connectivity index (χ2n) is 10.1. The largest absolute Gasteiger partial charge is 0.505 e. The molecule has 2 amide bonds. The Labute approximate surface area is 215 Å². The SMILES string of the molecule is C/C(=C\c1ccc(O)c(F)c1)CC[C@H]1OB(O)C[C@H]2C1=C(CO)C[C@H]1C(=O)N(c3ccccc3)C(=O)[C@H]12. The molecule has 0 bridgehead atoms. The number of fused-ring (bicyclic) bond motifs is 3. The van der Waals surface area contributed by atoms with Crippen LogP contribution in [0.3, 0.4) is 0 Å². The van der Waals surface area contributed by atoms with Gasteiger partial charge in [0.2, 0.25) is 11.8 Å². The van der Waals surface area contributed by atoms with E-state index in [9.17, 15) is 29.2 Å². The Bertz CT molecular complexity index is 1280. The monoisotopic (exact) mass is 505 g/mol. The molecule has 1 aliphatic carbocycles. The topological polar surface area (TPSA) is 107 Å². The maximum absolute atomic E-state index is 13.7. The molecule has 2 fully saturated rings. The number of para-hydroxylation sites is 1. The van der Waals surface area contributed by atoms with Crippen molar-refractivity contribution in [3.8, 4) is 5.75 Å². The van der Waals surface area contributed by atoms with Gasteiger partial charge in [0.1, 0.15) is 0 Å². The molecule has 5 rings (SSSR count). The zero-order valence-corrected chi connectivity index (χ0v) is 20.5. The standard InChI is InChI=1S/C28H29BFNO6/c1-16(11-17-8-9-23(33)22(30)12-17)7-10-24-25-18(15-32)13-20-26(21(25)14-29(36)37-24)28(35)31(27(20)34)19-5-3-2-4-6-19/h2-6,8-9,11-12,20-21,24,26,32-33,36H,7,10,13-15H2,1H3/b16-11+/t20-,21+,24-,26-/m1/s1. The summed E-state index contributed by atoms with van der Waals surface area (Å²) < 4.78 is 19.6. The highest BCUT2D eigenvalue weighted by Gasteiger charge is 2.57. The van der Waals surface area contributed by atoms with Crippen LogP contribution in [0.25, 0.3) is 6.08 Å². The molecule has 0 saturated carbocycles. The summed E-state index contributed by atoms with van der Waals surface area (Å²) in [7, 11) is -1.10. The van der Waals surface area contributed by atoms with Crippen LogP contribution in [0.5, 0.6) is 5.75 Å².